The number of hydrogen-bond donors (Lipinski definition) is 3. The first-order chi connectivity index (χ1) is 15.3. The molecule has 5 nitrogen and oxygen atoms in total. The summed E-state index contributed by atoms with van der Waals surface area (Å²) in [4.78, 5) is 25.1. The van der Waals surface area contributed by atoms with Gasteiger partial charge in [0, 0.05) is 17.1 Å². The predicted octanol–water partition coefficient (Wildman–Crippen LogP) is 5.65. The smallest absolute Gasteiger partial charge is 0.257 e. The molecule has 0 atom stereocenters. The normalized spacial score (nSPS) is 10.3. The summed E-state index contributed by atoms with van der Waals surface area (Å²) in [5, 5.41) is 9.26. The number of aryl methyl sites for hydroxylation is 3. The lowest BCUT2D eigenvalue weighted by Crippen LogP contribution is -2.34. The van der Waals surface area contributed by atoms with Gasteiger partial charge in [-0.3, -0.25) is 9.59 Å². The number of thiocarbonyl (C=S) groups is 1. The van der Waals surface area contributed by atoms with Crippen LogP contribution in [-0.2, 0) is 11.2 Å². The number of amides is 2. The highest BCUT2D eigenvalue weighted by atomic mass is 35.5. The van der Waals surface area contributed by atoms with E-state index in [1.54, 1.807) is 30.3 Å². The summed E-state index contributed by atoms with van der Waals surface area (Å²) in [6.07, 6.45) is 0.740. The molecule has 0 spiro atoms. The van der Waals surface area contributed by atoms with Crippen LogP contribution in [0.15, 0.2) is 66.7 Å². The van der Waals surface area contributed by atoms with Crippen LogP contribution in [0.3, 0.4) is 0 Å². The molecule has 3 rings (SSSR count). The molecule has 164 valence electrons. The standard InChI is InChI=1S/C25H24ClN3O2S/c1-16-11-13-19(15-17(16)2)27-24(31)20-8-4-6-10-22(20)28-25(32)29-23(30)14-12-18-7-3-5-9-21(18)26/h3-11,13,15H,12,14H2,1-2H3,(H,27,31)(H2,28,29,30,32). The molecule has 0 unspecified atom stereocenters. The summed E-state index contributed by atoms with van der Waals surface area (Å²) in [7, 11) is 0. The largest absolute Gasteiger partial charge is 0.332 e. The Kier molecular flexibility index (Phi) is 7.98. The second kappa shape index (κ2) is 10.9. The van der Waals surface area contributed by atoms with Crippen LogP contribution in [0.2, 0.25) is 5.02 Å². The van der Waals surface area contributed by atoms with E-state index < -0.39 is 0 Å². The highest BCUT2D eigenvalue weighted by Gasteiger charge is 2.14. The number of carbonyl (C=O) groups excluding carboxylic acids is 2. The highest BCUT2D eigenvalue weighted by Crippen LogP contribution is 2.20. The third kappa shape index (κ3) is 6.39. The number of halogens is 1. The predicted molar refractivity (Wildman–Crippen MR) is 134 cm³/mol. The SMILES string of the molecule is Cc1ccc(NC(=O)c2ccccc2NC(=S)NC(=O)CCc2ccccc2Cl)cc1C. The number of rotatable bonds is 6. The van der Waals surface area contributed by atoms with Crippen molar-refractivity contribution >= 4 is 52.1 Å². The van der Waals surface area contributed by atoms with Crippen molar-refractivity contribution < 1.29 is 9.59 Å². The molecule has 0 aliphatic rings. The van der Waals surface area contributed by atoms with Crippen molar-refractivity contribution in [2.45, 2.75) is 26.7 Å². The number of benzene rings is 3. The van der Waals surface area contributed by atoms with E-state index in [0.717, 1.165) is 16.7 Å². The molecule has 32 heavy (non-hydrogen) atoms. The molecule has 0 heterocycles. The lowest BCUT2D eigenvalue weighted by atomic mass is 10.1. The van der Waals surface area contributed by atoms with Gasteiger partial charge in [0.25, 0.3) is 5.91 Å². The van der Waals surface area contributed by atoms with Crippen LogP contribution in [0.25, 0.3) is 0 Å². The fourth-order valence-corrected chi connectivity index (χ4v) is 3.55. The summed E-state index contributed by atoms with van der Waals surface area (Å²) >= 11 is 11.4. The van der Waals surface area contributed by atoms with E-state index in [2.05, 4.69) is 16.0 Å². The molecule has 3 N–H and O–H groups in total. The molecule has 0 fully saturated rings. The molecule has 0 radical (unpaired) electrons. The minimum absolute atomic E-state index is 0.126. The number of hydrogen-bond acceptors (Lipinski definition) is 3. The monoisotopic (exact) mass is 465 g/mol. The second-order valence-electron chi connectivity index (χ2n) is 7.39. The first-order valence-corrected chi connectivity index (χ1v) is 10.9. The number of para-hydroxylation sites is 1. The topological polar surface area (TPSA) is 70.2 Å². The summed E-state index contributed by atoms with van der Waals surface area (Å²) in [6.45, 7) is 4.01. The zero-order valence-corrected chi connectivity index (χ0v) is 19.4. The van der Waals surface area contributed by atoms with E-state index in [0.29, 0.717) is 28.4 Å². The van der Waals surface area contributed by atoms with E-state index in [9.17, 15) is 9.59 Å². The van der Waals surface area contributed by atoms with Gasteiger partial charge in [0.15, 0.2) is 5.11 Å². The fraction of sp³-hybridized carbons (Fsp3) is 0.160. The van der Waals surface area contributed by atoms with Crippen molar-refractivity contribution in [1.29, 1.82) is 0 Å². The van der Waals surface area contributed by atoms with Crippen molar-refractivity contribution in [3.8, 4) is 0 Å². The van der Waals surface area contributed by atoms with Crippen molar-refractivity contribution in [2.75, 3.05) is 10.6 Å². The van der Waals surface area contributed by atoms with Gasteiger partial charge in [0.1, 0.15) is 0 Å². The molecule has 3 aromatic carbocycles. The number of nitrogens with one attached hydrogen (secondary N) is 3. The van der Waals surface area contributed by atoms with Gasteiger partial charge in [-0.2, -0.15) is 0 Å². The Hall–Kier alpha value is -3.22. The van der Waals surface area contributed by atoms with Gasteiger partial charge in [0.2, 0.25) is 5.91 Å². The average molecular weight is 466 g/mol. The molecule has 0 bridgehead atoms. The Morgan fingerprint density at radius 2 is 1.62 bits per heavy atom. The molecular weight excluding hydrogens is 442 g/mol. The summed E-state index contributed by atoms with van der Waals surface area (Å²) < 4.78 is 0. The summed E-state index contributed by atoms with van der Waals surface area (Å²) in [6, 6.07) is 20.1. The van der Waals surface area contributed by atoms with Gasteiger partial charge in [-0.25, -0.2) is 0 Å². The van der Waals surface area contributed by atoms with Crippen LogP contribution in [0.4, 0.5) is 11.4 Å². The molecular formula is C25H24ClN3O2S. The second-order valence-corrected chi connectivity index (χ2v) is 8.21. The zero-order chi connectivity index (χ0) is 23.1. The van der Waals surface area contributed by atoms with E-state index >= 15 is 0 Å². The maximum Gasteiger partial charge on any atom is 0.257 e. The average Bonchev–Trinajstić information content (AvgIpc) is 2.76. The molecule has 0 aliphatic heterocycles. The molecule has 0 aromatic heterocycles. The van der Waals surface area contributed by atoms with Crippen LogP contribution in [0.1, 0.15) is 33.5 Å². The van der Waals surface area contributed by atoms with Crippen molar-refractivity contribution in [3.63, 3.8) is 0 Å². The third-order valence-electron chi connectivity index (χ3n) is 5.02. The maximum absolute atomic E-state index is 12.8. The molecule has 7 heteroatoms. The van der Waals surface area contributed by atoms with Gasteiger partial charge in [-0.15, -0.1) is 0 Å². The quantitative estimate of drug-likeness (QED) is 0.411. The number of anilines is 2. The van der Waals surface area contributed by atoms with Crippen molar-refractivity contribution in [3.05, 3.63) is 94.0 Å². The number of carbonyl (C=O) groups is 2. The zero-order valence-electron chi connectivity index (χ0n) is 17.9. The third-order valence-corrected chi connectivity index (χ3v) is 5.59. The molecule has 2 amide bonds. The lowest BCUT2D eigenvalue weighted by Gasteiger charge is -2.14. The van der Waals surface area contributed by atoms with Gasteiger partial charge < -0.3 is 16.0 Å². The van der Waals surface area contributed by atoms with E-state index in [1.165, 1.54) is 0 Å². The summed E-state index contributed by atoms with van der Waals surface area (Å²) in [5.74, 6) is -0.510. The minimum Gasteiger partial charge on any atom is -0.332 e. The van der Waals surface area contributed by atoms with Crippen LogP contribution >= 0.6 is 23.8 Å². The summed E-state index contributed by atoms with van der Waals surface area (Å²) in [5.41, 5.74) is 4.78. The Bertz CT molecular complexity index is 1160. The fourth-order valence-electron chi connectivity index (χ4n) is 3.10. The first kappa shape index (κ1) is 23.4. The Morgan fingerprint density at radius 1 is 0.906 bits per heavy atom. The van der Waals surface area contributed by atoms with E-state index in [1.807, 2.05) is 50.2 Å². The molecule has 3 aromatic rings. The highest BCUT2D eigenvalue weighted by molar-refractivity contribution is 7.80. The van der Waals surface area contributed by atoms with Crippen molar-refractivity contribution in [2.24, 2.45) is 0 Å². The minimum atomic E-state index is -0.274. The maximum atomic E-state index is 12.8. The van der Waals surface area contributed by atoms with Gasteiger partial charge in [-0.05, 0) is 79.5 Å². The van der Waals surface area contributed by atoms with Crippen LogP contribution < -0.4 is 16.0 Å². The molecule has 0 saturated carbocycles. The first-order valence-electron chi connectivity index (χ1n) is 10.2. The Balaban J connectivity index is 1.60. The van der Waals surface area contributed by atoms with Gasteiger partial charge >= 0.3 is 0 Å². The van der Waals surface area contributed by atoms with Crippen LogP contribution in [0.5, 0.6) is 0 Å². The van der Waals surface area contributed by atoms with Gasteiger partial charge in [0.05, 0.1) is 11.3 Å². The van der Waals surface area contributed by atoms with Gasteiger partial charge in [-0.1, -0.05) is 48.0 Å². The van der Waals surface area contributed by atoms with E-state index in [4.69, 9.17) is 23.8 Å². The van der Waals surface area contributed by atoms with Crippen molar-refractivity contribution in [1.82, 2.24) is 5.32 Å². The Labute approximate surface area is 198 Å². The Morgan fingerprint density at radius 3 is 2.38 bits per heavy atom. The molecule has 0 aliphatic carbocycles. The van der Waals surface area contributed by atoms with E-state index in [-0.39, 0.29) is 23.3 Å². The lowest BCUT2D eigenvalue weighted by molar-refractivity contribution is -0.119. The molecule has 0 saturated heterocycles. The van der Waals surface area contributed by atoms with Crippen LogP contribution in [0, 0.1) is 13.8 Å². The van der Waals surface area contributed by atoms with Crippen LogP contribution in [-0.4, -0.2) is 16.9 Å².